The van der Waals surface area contributed by atoms with Crippen LogP contribution in [0.1, 0.15) is 39.9 Å². The summed E-state index contributed by atoms with van der Waals surface area (Å²) in [6, 6.07) is 5.91. The Morgan fingerprint density at radius 2 is 2.26 bits per heavy atom. The van der Waals surface area contributed by atoms with Gasteiger partial charge < -0.3 is 9.73 Å². The van der Waals surface area contributed by atoms with Gasteiger partial charge in [-0.05, 0) is 44.9 Å². The van der Waals surface area contributed by atoms with Crippen LogP contribution >= 0.6 is 0 Å². The van der Waals surface area contributed by atoms with Crippen molar-refractivity contribution in [3.05, 3.63) is 24.2 Å². The molecule has 2 heterocycles. The van der Waals surface area contributed by atoms with Crippen LogP contribution in [-0.2, 0) is 6.42 Å². The van der Waals surface area contributed by atoms with Crippen molar-refractivity contribution in [1.82, 2.24) is 10.2 Å². The molecule has 1 fully saturated rings. The number of nitrogens with zero attached hydrogens (tertiary/aromatic N) is 1. The molecule has 0 aliphatic carbocycles. The molecule has 1 N–H and O–H groups in total. The zero-order valence-electron chi connectivity index (χ0n) is 12.7. The predicted octanol–water partition coefficient (Wildman–Crippen LogP) is 2.92. The Morgan fingerprint density at radius 1 is 1.47 bits per heavy atom. The molecule has 1 aliphatic rings. The lowest BCUT2D eigenvalue weighted by atomic mass is 9.85. The maximum atomic E-state index is 5.48. The quantitative estimate of drug-likeness (QED) is 0.886. The molecule has 0 radical (unpaired) electrons. The highest BCUT2D eigenvalue weighted by molar-refractivity contribution is 5.01. The average Bonchev–Trinajstić information content (AvgIpc) is 2.88. The number of hydrogen-bond acceptors (Lipinski definition) is 3. The van der Waals surface area contributed by atoms with Gasteiger partial charge in [0.25, 0.3) is 0 Å². The summed E-state index contributed by atoms with van der Waals surface area (Å²) in [7, 11) is 0. The minimum atomic E-state index is 0.547. The molecule has 0 amide bonds. The number of furan rings is 1. The topological polar surface area (TPSA) is 28.4 Å². The van der Waals surface area contributed by atoms with Crippen molar-refractivity contribution >= 4 is 0 Å². The van der Waals surface area contributed by atoms with Gasteiger partial charge >= 0.3 is 0 Å². The van der Waals surface area contributed by atoms with Crippen LogP contribution in [-0.4, -0.2) is 36.1 Å². The van der Waals surface area contributed by atoms with Crippen molar-refractivity contribution in [2.24, 2.45) is 5.92 Å². The molecule has 1 aromatic rings. The molecule has 1 aromatic heterocycles. The average molecular weight is 264 g/mol. The van der Waals surface area contributed by atoms with Gasteiger partial charge in [0.2, 0.25) is 0 Å². The second-order valence-electron chi connectivity index (χ2n) is 5.92. The summed E-state index contributed by atoms with van der Waals surface area (Å²) in [6.07, 6.45) is 4.03. The summed E-state index contributed by atoms with van der Waals surface area (Å²) in [5.74, 6) is 1.80. The number of rotatable bonds is 5. The summed E-state index contributed by atoms with van der Waals surface area (Å²) in [5, 5.41) is 3.62. The van der Waals surface area contributed by atoms with Gasteiger partial charge in [-0.3, -0.25) is 4.90 Å². The van der Waals surface area contributed by atoms with E-state index in [1.807, 2.05) is 6.07 Å². The van der Waals surface area contributed by atoms with Gasteiger partial charge in [-0.1, -0.05) is 13.8 Å². The van der Waals surface area contributed by atoms with Crippen LogP contribution in [0.2, 0.25) is 0 Å². The molecule has 108 valence electrons. The van der Waals surface area contributed by atoms with E-state index in [0.717, 1.165) is 18.7 Å². The Kier molecular flexibility index (Phi) is 5.06. The Bertz CT molecular complexity index is 363. The summed E-state index contributed by atoms with van der Waals surface area (Å²) in [4.78, 5) is 2.64. The molecule has 0 bridgehead atoms. The van der Waals surface area contributed by atoms with E-state index in [2.05, 4.69) is 44.0 Å². The lowest BCUT2D eigenvalue weighted by Gasteiger charge is -2.45. The molecule has 0 spiro atoms. The molecule has 0 saturated carbocycles. The molecule has 3 nitrogen and oxygen atoms in total. The van der Waals surface area contributed by atoms with Gasteiger partial charge in [-0.25, -0.2) is 0 Å². The van der Waals surface area contributed by atoms with Gasteiger partial charge in [-0.15, -0.1) is 0 Å². The largest absolute Gasteiger partial charge is 0.469 e. The first-order valence-electron chi connectivity index (χ1n) is 7.65. The molecule has 1 aliphatic heterocycles. The van der Waals surface area contributed by atoms with Gasteiger partial charge in [0.05, 0.1) is 6.26 Å². The normalized spacial score (nSPS) is 30.4. The lowest BCUT2D eigenvalue weighted by molar-refractivity contribution is 0.0517. The molecule has 2 rings (SSSR count). The van der Waals surface area contributed by atoms with Crippen molar-refractivity contribution in [3.8, 4) is 0 Å². The Balaban J connectivity index is 1.94. The van der Waals surface area contributed by atoms with E-state index in [4.69, 9.17) is 4.42 Å². The Hall–Kier alpha value is -0.800. The van der Waals surface area contributed by atoms with E-state index in [0.29, 0.717) is 24.0 Å². The summed E-state index contributed by atoms with van der Waals surface area (Å²) >= 11 is 0. The van der Waals surface area contributed by atoms with Crippen LogP contribution in [0.25, 0.3) is 0 Å². The van der Waals surface area contributed by atoms with Gasteiger partial charge in [0.15, 0.2) is 0 Å². The first kappa shape index (κ1) is 14.6. The van der Waals surface area contributed by atoms with E-state index >= 15 is 0 Å². The van der Waals surface area contributed by atoms with Crippen LogP contribution in [0.15, 0.2) is 22.8 Å². The van der Waals surface area contributed by atoms with Gasteiger partial charge in [0.1, 0.15) is 5.76 Å². The summed E-state index contributed by atoms with van der Waals surface area (Å²) in [5.41, 5.74) is 0. The van der Waals surface area contributed by atoms with Crippen molar-refractivity contribution in [2.75, 3.05) is 13.1 Å². The summed E-state index contributed by atoms with van der Waals surface area (Å²) < 4.78 is 5.48. The van der Waals surface area contributed by atoms with Gasteiger partial charge in [0, 0.05) is 31.1 Å². The highest BCUT2D eigenvalue weighted by atomic mass is 16.3. The third-order valence-corrected chi connectivity index (χ3v) is 4.73. The molecule has 19 heavy (non-hydrogen) atoms. The SMILES string of the molecule is CCNC1CCN(C(C)Cc2ccco2)C(C)C1C. The van der Waals surface area contributed by atoms with Crippen molar-refractivity contribution < 1.29 is 4.42 Å². The van der Waals surface area contributed by atoms with E-state index in [1.54, 1.807) is 6.26 Å². The Labute approximate surface area is 117 Å². The molecule has 4 atom stereocenters. The van der Waals surface area contributed by atoms with Crippen molar-refractivity contribution in [2.45, 2.75) is 58.7 Å². The maximum absolute atomic E-state index is 5.48. The molecule has 0 aromatic carbocycles. The first-order chi connectivity index (χ1) is 9.13. The monoisotopic (exact) mass is 264 g/mol. The predicted molar refractivity (Wildman–Crippen MR) is 79.3 cm³/mol. The zero-order valence-corrected chi connectivity index (χ0v) is 12.7. The van der Waals surface area contributed by atoms with Crippen LogP contribution in [0.3, 0.4) is 0 Å². The smallest absolute Gasteiger partial charge is 0.105 e. The highest BCUT2D eigenvalue weighted by Gasteiger charge is 2.34. The third kappa shape index (κ3) is 3.40. The van der Waals surface area contributed by atoms with E-state index < -0.39 is 0 Å². The van der Waals surface area contributed by atoms with E-state index in [9.17, 15) is 0 Å². The third-order valence-electron chi connectivity index (χ3n) is 4.73. The molecule has 3 heteroatoms. The fourth-order valence-corrected chi connectivity index (χ4v) is 3.40. The number of likely N-dealkylation sites (tertiary alicyclic amines) is 1. The van der Waals surface area contributed by atoms with Crippen LogP contribution in [0.5, 0.6) is 0 Å². The number of hydrogen-bond donors (Lipinski definition) is 1. The first-order valence-corrected chi connectivity index (χ1v) is 7.65. The Morgan fingerprint density at radius 3 is 2.89 bits per heavy atom. The van der Waals surface area contributed by atoms with Crippen LogP contribution < -0.4 is 5.32 Å². The fourth-order valence-electron chi connectivity index (χ4n) is 3.40. The van der Waals surface area contributed by atoms with Crippen LogP contribution in [0, 0.1) is 5.92 Å². The molecular formula is C16H28N2O. The van der Waals surface area contributed by atoms with Crippen molar-refractivity contribution in [1.29, 1.82) is 0 Å². The zero-order chi connectivity index (χ0) is 13.8. The molecular weight excluding hydrogens is 236 g/mol. The molecule has 4 unspecified atom stereocenters. The van der Waals surface area contributed by atoms with Crippen molar-refractivity contribution in [3.63, 3.8) is 0 Å². The second-order valence-corrected chi connectivity index (χ2v) is 5.92. The highest BCUT2D eigenvalue weighted by Crippen LogP contribution is 2.26. The van der Waals surface area contributed by atoms with E-state index in [-0.39, 0.29) is 0 Å². The van der Waals surface area contributed by atoms with Crippen LogP contribution in [0.4, 0.5) is 0 Å². The minimum absolute atomic E-state index is 0.547. The minimum Gasteiger partial charge on any atom is -0.469 e. The number of piperidine rings is 1. The maximum Gasteiger partial charge on any atom is 0.105 e. The second kappa shape index (κ2) is 6.58. The fraction of sp³-hybridized carbons (Fsp3) is 0.750. The number of nitrogens with one attached hydrogen (secondary N) is 1. The standard InChI is InChI=1S/C16H28N2O/c1-5-17-16-8-9-18(14(4)13(16)3)12(2)11-15-7-6-10-19-15/h6-7,10,12-14,16-17H,5,8-9,11H2,1-4H3. The van der Waals surface area contributed by atoms with Gasteiger partial charge in [-0.2, -0.15) is 0 Å². The van der Waals surface area contributed by atoms with E-state index in [1.165, 1.54) is 13.0 Å². The molecule has 1 saturated heterocycles. The summed E-state index contributed by atoms with van der Waals surface area (Å²) in [6.45, 7) is 11.5. The lowest BCUT2D eigenvalue weighted by Crippen LogP contribution is -2.56.